The van der Waals surface area contributed by atoms with E-state index in [4.69, 9.17) is 4.74 Å². The van der Waals surface area contributed by atoms with Crippen molar-refractivity contribution < 1.29 is 9.53 Å². The van der Waals surface area contributed by atoms with Crippen LogP contribution in [0, 0.1) is 0 Å². The van der Waals surface area contributed by atoms with Crippen LogP contribution in [0.4, 0.5) is 0 Å². The molecule has 2 aromatic rings. The highest BCUT2D eigenvalue weighted by atomic mass is 16.5. The lowest BCUT2D eigenvalue weighted by molar-refractivity contribution is 0.0951. The molecule has 0 atom stereocenters. The second kappa shape index (κ2) is 6.06. The molecule has 0 bridgehead atoms. The molecule has 5 nitrogen and oxygen atoms in total. The molecule has 0 unspecified atom stereocenters. The second-order valence-corrected chi connectivity index (χ2v) is 4.40. The Kier molecular flexibility index (Phi) is 4.20. The van der Waals surface area contributed by atoms with Gasteiger partial charge < -0.3 is 14.6 Å². The lowest BCUT2D eigenvalue weighted by atomic mass is 10.2. The summed E-state index contributed by atoms with van der Waals surface area (Å²) >= 11 is 0. The second-order valence-electron chi connectivity index (χ2n) is 4.40. The van der Waals surface area contributed by atoms with Gasteiger partial charge in [0.2, 0.25) is 5.56 Å². The first kappa shape index (κ1) is 13.9. The Bertz CT molecular complexity index is 660. The van der Waals surface area contributed by atoms with Crippen LogP contribution in [0.25, 0.3) is 0 Å². The Morgan fingerprint density at radius 3 is 2.50 bits per heavy atom. The van der Waals surface area contributed by atoms with E-state index in [0.717, 1.165) is 5.56 Å². The molecule has 1 aromatic heterocycles. The third-order valence-electron chi connectivity index (χ3n) is 2.95. The summed E-state index contributed by atoms with van der Waals surface area (Å²) in [6, 6.07) is 10.1. The molecule has 20 heavy (non-hydrogen) atoms. The highest BCUT2D eigenvalue weighted by molar-refractivity contribution is 5.94. The number of nitrogens with zero attached hydrogens (tertiary/aromatic N) is 1. The Labute approximate surface area is 116 Å². The molecule has 0 spiro atoms. The van der Waals surface area contributed by atoms with Gasteiger partial charge in [-0.1, -0.05) is 6.07 Å². The summed E-state index contributed by atoms with van der Waals surface area (Å²) < 4.78 is 6.52. The number of carbonyl (C=O) groups excluding carboxylic acids is 1. The monoisotopic (exact) mass is 272 g/mol. The van der Waals surface area contributed by atoms with Gasteiger partial charge in [-0.25, -0.2) is 0 Å². The molecule has 1 amide bonds. The highest BCUT2D eigenvalue weighted by Gasteiger charge is 2.05. The Hall–Kier alpha value is -2.56. The molecule has 5 heteroatoms. The van der Waals surface area contributed by atoms with E-state index < -0.39 is 0 Å². The molecular formula is C15H16N2O3. The fraction of sp³-hybridized carbons (Fsp3) is 0.200. The van der Waals surface area contributed by atoms with Crippen LogP contribution in [0.3, 0.4) is 0 Å². The number of nitrogens with one attached hydrogen (secondary N) is 1. The van der Waals surface area contributed by atoms with E-state index in [9.17, 15) is 9.59 Å². The molecular weight excluding hydrogens is 256 g/mol. The SMILES string of the molecule is COc1ccc(C(=O)NCc2ccc(=O)n(C)c2)cc1. The van der Waals surface area contributed by atoms with Crippen LogP contribution in [0.5, 0.6) is 5.75 Å². The first-order chi connectivity index (χ1) is 9.60. The summed E-state index contributed by atoms with van der Waals surface area (Å²) in [5.41, 5.74) is 1.36. The predicted octanol–water partition coefficient (Wildman–Crippen LogP) is 1.32. The summed E-state index contributed by atoms with van der Waals surface area (Å²) in [7, 11) is 3.26. The minimum Gasteiger partial charge on any atom is -0.497 e. The Morgan fingerprint density at radius 2 is 1.90 bits per heavy atom. The van der Waals surface area contributed by atoms with E-state index in [1.54, 1.807) is 50.7 Å². The maximum absolute atomic E-state index is 11.9. The maximum atomic E-state index is 11.9. The highest BCUT2D eigenvalue weighted by Crippen LogP contribution is 2.11. The van der Waals surface area contributed by atoms with Gasteiger partial charge in [-0.3, -0.25) is 9.59 Å². The van der Waals surface area contributed by atoms with Crippen LogP contribution in [0.2, 0.25) is 0 Å². The molecule has 0 saturated heterocycles. The average molecular weight is 272 g/mol. The van der Waals surface area contributed by atoms with E-state index in [1.165, 1.54) is 10.6 Å². The normalized spacial score (nSPS) is 10.1. The van der Waals surface area contributed by atoms with Gasteiger partial charge in [0.1, 0.15) is 5.75 Å². The molecule has 0 aliphatic carbocycles. The van der Waals surface area contributed by atoms with Gasteiger partial charge in [0.15, 0.2) is 0 Å². The third-order valence-corrected chi connectivity index (χ3v) is 2.95. The quantitative estimate of drug-likeness (QED) is 0.913. The summed E-state index contributed by atoms with van der Waals surface area (Å²) in [6.07, 6.45) is 1.70. The van der Waals surface area contributed by atoms with E-state index in [2.05, 4.69) is 5.32 Å². The molecule has 0 aliphatic rings. The molecule has 104 valence electrons. The van der Waals surface area contributed by atoms with Gasteiger partial charge in [-0.05, 0) is 29.8 Å². The molecule has 0 radical (unpaired) electrons. The van der Waals surface area contributed by atoms with Crippen molar-refractivity contribution in [2.45, 2.75) is 6.54 Å². The van der Waals surface area contributed by atoms with Crippen LogP contribution in [0.1, 0.15) is 15.9 Å². The van der Waals surface area contributed by atoms with E-state index in [-0.39, 0.29) is 11.5 Å². The number of benzene rings is 1. The van der Waals surface area contributed by atoms with Crippen molar-refractivity contribution in [2.75, 3.05) is 7.11 Å². The summed E-state index contributed by atoms with van der Waals surface area (Å²) in [5, 5.41) is 2.80. The smallest absolute Gasteiger partial charge is 0.251 e. The fourth-order valence-corrected chi connectivity index (χ4v) is 1.78. The van der Waals surface area contributed by atoms with Crippen molar-refractivity contribution in [3.8, 4) is 5.75 Å². The van der Waals surface area contributed by atoms with Crippen LogP contribution in [-0.4, -0.2) is 17.6 Å². The first-order valence-corrected chi connectivity index (χ1v) is 6.18. The van der Waals surface area contributed by atoms with Crippen LogP contribution >= 0.6 is 0 Å². The molecule has 1 heterocycles. The number of hydrogen-bond acceptors (Lipinski definition) is 3. The van der Waals surface area contributed by atoms with E-state index in [0.29, 0.717) is 17.9 Å². The fourth-order valence-electron chi connectivity index (χ4n) is 1.78. The molecule has 2 rings (SSSR count). The average Bonchev–Trinajstić information content (AvgIpc) is 2.48. The number of amides is 1. The zero-order valence-corrected chi connectivity index (χ0v) is 11.4. The van der Waals surface area contributed by atoms with Crippen LogP contribution in [-0.2, 0) is 13.6 Å². The van der Waals surface area contributed by atoms with E-state index >= 15 is 0 Å². The van der Waals surface area contributed by atoms with Crippen LogP contribution < -0.4 is 15.6 Å². The van der Waals surface area contributed by atoms with Crippen molar-refractivity contribution in [3.05, 3.63) is 64.1 Å². The lowest BCUT2D eigenvalue weighted by Crippen LogP contribution is -2.24. The van der Waals surface area contributed by atoms with Gasteiger partial charge in [0.05, 0.1) is 7.11 Å². The largest absolute Gasteiger partial charge is 0.497 e. The number of ether oxygens (including phenoxy) is 1. The third kappa shape index (κ3) is 3.26. The van der Waals surface area contributed by atoms with Gasteiger partial charge in [-0.2, -0.15) is 0 Å². The summed E-state index contributed by atoms with van der Waals surface area (Å²) in [5.74, 6) is 0.543. The van der Waals surface area contributed by atoms with Crippen molar-refractivity contribution >= 4 is 5.91 Å². The van der Waals surface area contributed by atoms with Crippen molar-refractivity contribution in [3.63, 3.8) is 0 Å². The standard InChI is InChI=1S/C15H16N2O3/c1-17-10-11(3-8-14(17)18)9-16-15(19)12-4-6-13(20-2)7-5-12/h3-8,10H,9H2,1-2H3,(H,16,19). The predicted molar refractivity (Wildman–Crippen MR) is 75.8 cm³/mol. The zero-order valence-electron chi connectivity index (χ0n) is 11.4. The van der Waals surface area contributed by atoms with Crippen molar-refractivity contribution in [1.82, 2.24) is 9.88 Å². The Balaban J connectivity index is 2.00. The first-order valence-electron chi connectivity index (χ1n) is 6.18. The summed E-state index contributed by atoms with van der Waals surface area (Å²) in [6.45, 7) is 0.374. The van der Waals surface area contributed by atoms with Gasteiger partial charge >= 0.3 is 0 Å². The zero-order chi connectivity index (χ0) is 14.5. The minimum absolute atomic E-state index is 0.0739. The molecule has 0 aliphatic heterocycles. The molecule has 0 saturated carbocycles. The van der Waals surface area contributed by atoms with Crippen LogP contribution in [0.15, 0.2) is 47.4 Å². The Morgan fingerprint density at radius 1 is 1.20 bits per heavy atom. The lowest BCUT2D eigenvalue weighted by Gasteiger charge is -2.07. The molecule has 0 fully saturated rings. The number of aromatic nitrogens is 1. The van der Waals surface area contributed by atoms with Gasteiger partial charge in [-0.15, -0.1) is 0 Å². The van der Waals surface area contributed by atoms with E-state index in [1.807, 2.05) is 0 Å². The summed E-state index contributed by atoms with van der Waals surface area (Å²) in [4.78, 5) is 23.2. The number of rotatable bonds is 4. The minimum atomic E-state index is -0.165. The topological polar surface area (TPSA) is 60.3 Å². The number of aryl methyl sites for hydroxylation is 1. The number of hydrogen-bond donors (Lipinski definition) is 1. The van der Waals surface area contributed by atoms with Crippen molar-refractivity contribution in [1.29, 1.82) is 0 Å². The number of pyridine rings is 1. The number of carbonyl (C=O) groups is 1. The van der Waals surface area contributed by atoms with Gasteiger partial charge in [0, 0.05) is 31.4 Å². The maximum Gasteiger partial charge on any atom is 0.251 e. The molecule has 1 N–H and O–H groups in total. The number of methoxy groups -OCH3 is 1. The molecule has 1 aromatic carbocycles. The van der Waals surface area contributed by atoms with Crippen molar-refractivity contribution in [2.24, 2.45) is 7.05 Å². The van der Waals surface area contributed by atoms with Gasteiger partial charge in [0.25, 0.3) is 5.91 Å².